The molecule has 0 aliphatic heterocycles. The van der Waals surface area contributed by atoms with Crippen molar-refractivity contribution in [2.24, 2.45) is 40.9 Å². The predicted molar refractivity (Wildman–Crippen MR) is 86.7 cm³/mol. The van der Waals surface area contributed by atoms with Gasteiger partial charge in [-0.3, -0.25) is 0 Å². The molecule has 0 aromatic rings. The monoisotopic (exact) mass is 286 g/mol. The average Bonchev–Trinajstić information content (AvgIpc) is 3.15. The third-order valence-corrected chi connectivity index (χ3v) is 7.67. The van der Waals surface area contributed by atoms with Crippen LogP contribution in [0.3, 0.4) is 0 Å². The smallest absolute Gasteiger partial charge is 0.0459 e. The predicted octanol–water partition coefficient (Wildman–Crippen LogP) is 4.58. The van der Waals surface area contributed by atoms with E-state index in [2.05, 4.69) is 26.5 Å². The Labute approximate surface area is 129 Å². The highest BCUT2D eigenvalue weighted by Crippen LogP contribution is 2.74. The van der Waals surface area contributed by atoms with Crippen LogP contribution in [0.1, 0.15) is 52.4 Å². The summed E-state index contributed by atoms with van der Waals surface area (Å²) < 4.78 is 0. The normalized spacial score (nSPS) is 49.6. The second-order valence-corrected chi connectivity index (χ2v) is 8.57. The first-order chi connectivity index (χ1) is 10.1. The molecular weight excluding hydrogens is 256 g/mol. The van der Waals surface area contributed by atoms with Crippen LogP contribution in [0.2, 0.25) is 0 Å². The molecule has 4 rings (SSSR count). The lowest BCUT2D eigenvalue weighted by Gasteiger charge is -2.43. The Morgan fingerprint density at radius 3 is 2.95 bits per heavy atom. The summed E-state index contributed by atoms with van der Waals surface area (Å²) in [6.45, 7) is 9.63. The summed E-state index contributed by atoms with van der Waals surface area (Å²) in [5.74, 6) is 4.47. The Hall–Kier alpha value is -0.560. The van der Waals surface area contributed by atoms with Gasteiger partial charge in [-0.1, -0.05) is 37.6 Å². The van der Waals surface area contributed by atoms with Gasteiger partial charge in [0.15, 0.2) is 0 Å². The topological polar surface area (TPSA) is 20.2 Å². The van der Waals surface area contributed by atoms with E-state index in [0.717, 1.165) is 29.6 Å². The molecule has 0 spiro atoms. The van der Waals surface area contributed by atoms with Crippen LogP contribution < -0.4 is 0 Å². The average molecular weight is 286 g/mol. The molecule has 0 amide bonds. The zero-order valence-electron chi connectivity index (χ0n) is 13.6. The highest BCUT2D eigenvalue weighted by Gasteiger charge is 2.68. The van der Waals surface area contributed by atoms with Crippen molar-refractivity contribution in [3.63, 3.8) is 0 Å². The van der Waals surface area contributed by atoms with E-state index in [1.54, 1.807) is 5.57 Å². The molecule has 0 saturated heterocycles. The largest absolute Gasteiger partial charge is 0.396 e. The molecule has 3 fully saturated rings. The van der Waals surface area contributed by atoms with Crippen LogP contribution in [0.5, 0.6) is 0 Å². The van der Waals surface area contributed by atoms with E-state index in [0.29, 0.717) is 17.9 Å². The second-order valence-electron chi connectivity index (χ2n) is 8.57. The SMILES string of the molecule is C=C1CC[C@@H]([C@@H](C)CO)[C@@H]2[C@@H]3[C@@H]4C(=CCC[C@]34C)CC[C@H]12. The number of rotatable bonds is 2. The standard InChI is InChI=1S/C20H30O/c1-12-6-8-16(13(2)11-21)17-15(12)9-7-14-5-4-10-20(3)18(14)19(17)20/h5,13,15-19,21H,1,4,6-11H2,2-3H3/t13-,15+,16-,17+,18-,19+,20-/m0/s1. The maximum atomic E-state index is 9.73. The second kappa shape index (κ2) is 4.72. The van der Waals surface area contributed by atoms with Crippen LogP contribution in [0.25, 0.3) is 0 Å². The van der Waals surface area contributed by atoms with E-state index < -0.39 is 0 Å². The lowest BCUT2D eigenvalue weighted by Crippen LogP contribution is -2.37. The van der Waals surface area contributed by atoms with Crippen LogP contribution in [-0.2, 0) is 0 Å². The molecule has 1 N–H and O–H groups in total. The lowest BCUT2D eigenvalue weighted by atomic mass is 9.62. The molecule has 7 atom stereocenters. The number of aliphatic hydroxyl groups excluding tert-OH is 1. The van der Waals surface area contributed by atoms with Crippen molar-refractivity contribution < 1.29 is 5.11 Å². The van der Waals surface area contributed by atoms with E-state index in [1.807, 2.05) is 0 Å². The van der Waals surface area contributed by atoms with Crippen molar-refractivity contribution in [3.8, 4) is 0 Å². The third kappa shape index (κ3) is 1.86. The Balaban J connectivity index is 1.73. The molecule has 0 bridgehead atoms. The minimum atomic E-state index is 0.358. The van der Waals surface area contributed by atoms with E-state index in [-0.39, 0.29) is 0 Å². The Morgan fingerprint density at radius 2 is 2.19 bits per heavy atom. The van der Waals surface area contributed by atoms with Crippen molar-refractivity contribution in [1.82, 2.24) is 0 Å². The summed E-state index contributed by atoms with van der Waals surface area (Å²) >= 11 is 0. The molecule has 0 aromatic heterocycles. The molecule has 1 nitrogen and oxygen atoms in total. The van der Waals surface area contributed by atoms with Gasteiger partial charge in [0.05, 0.1) is 0 Å². The summed E-state index contributed by atoms with van der Waals surface area (Å²) in [5.41, 5.74) is 3.89. The molecule has 0 aromatic carbocycles. The zero-order valence-corrected chi connectivity index (χ0v) is 13.6. The van der Waals surface area contributed by atoms with Crippen molar-refractivity contribution in [2.45, 2.75) is 52.4 Å². The van der Waals surface area contributed by atoms with Crippen molar-refractivity contribution in [2.75, 3.05) is 6.61 Å². The number of fused-ring (bicyclic) bond motifs is 3. The first-order valence-corrected chi connectivity index (χ1v) is 9.05. The first kappa shape index (κ1) is 14.1. The molecule has 0 radical (unpaired) electrons. The van der Waals surface area contributed by atoms with Gasteiger partial charge in [-0.15, -0.1) is 0 Å². The van der Waals surface area contributed by atoms with Crippen LogP contribution in [0.4, 0.5) is 0 Å². The summed E-state index contributed by atoms with van der Waals surface area (Å²) in [4.78, 5) is 0. The summed E-state index contributed by atoms with van der Waals surface area (Å²) in [6, 6.07) is 0. The van der Waals surface area contributed by atoms with E-state index in [4.69, 9.17) is 0 Å². The fourth-order valence-electron chi connectivity index (χ4n) is 6.53. The number of allylic oxidation sites excluding steroid dienone is 3. The van der Waals surface area contributed by atoms with Gasteiger partial charge in [0, 0.05) is 6.61 Å². The van der Waals surface area contributed by atoms with Gasteiger partial charge in [-0.25, -0.2) is 0 Å². The van der Waals surface area contributed by atoms with Crippen molar-refractivity contribution in [3.05, 3.63) is 23.8 Å². The quantitative estimate of drug-likeness (QED) is 0.737. The van der Waals surface area contributed by atoms with Gasteiger partial charge < -0.3 is 5.11 Å². The van der Waals surface area contributed by atoms with Crippen LogP contribution in [0.15, 0.2) is 23.8 Å². The first-order valence-electron chi connectivity index (χ1n) is 9.05. The van der Waals surface area contributed by atoms with E-state index in [1.165, 1.54) is 44.1 Å². The maximum absolute atomic E-state index is 9.73. The van der Waals surface area contributed by atoms with E-state index >= 15 is 0 Å². The van der Waals surface area contributed by atoms with Crippen LogP contribution >= 0.6 is 0 Å². The molecule has 1 heteroatoms. The molecular formula is C20H30O. The lowest BCUT2D eigenvalue weighted by molar-refractivity contribution is 0.0732. The fraction of sp³-hybridized carbons (Fsp3) is 0.800. The minimum Gasteiger partial charge on any atom is -0.396 e. The maximum Gasteiger partial charge on any atom is 0.0459 e. The Bertz CT molecular complexity index is 490. The van der Waals surface area contributed by atoms with Crippen LogP contribution in [0, 0.1) is 40.9 Å². The number of hydrogen-bond acceptors (Lipinski definition) is 1. The Morgan fingerprint density at radius 1 is 1.38 bits per heavy atom. The Kier molecular flexibility index (Phi) is 3.16. The minimum absolute atomic E-state index is 0.358. The fourth-order valence-corrected chi connectivity index (χ4v) is 6.53. The van der Waals surface area contributed by atoms with Crippen molar-refractivity contribution >= 4 is 0 Å². The molecule has 0 unspecified atom stereocenters. The third-order valence-electron chi connectivity index (χ3n) is 7.67. The van der Waals surface area contributed by atoms with Gasteiger partial charge in [0.25, 0.3) is 0 Å². The molecule has 4 aliphatic carbocycles. The highest BCUT2D eigenvalue weighted by atomic mass is 16.3. The molecule has 4 aliphatic rings. The summed E-state index contributed by atoms with van der Waals surface area (Å²) in [7, 11) is 0. The summed E-state index contributed by atoms with van der Waals surface area (Å²) in [6.07, 6.45) is 10.4. The molecule has 21 heavy (non-hydrogen) atoms. The van der Waals surface area contributed by atoms with Gasteiger partial charge in [-0.2, -0.15) is 0 Å². The van der Waals surface area contributed by atoms with Gasteiger partial charge in [0.2, 0.25) is 0 Å². The zero-order chi connectivity index (χ0) is 14.8. The number of hydrogen-bond donors (Lipinski definition) is 1. The molecule has 0 heterocycles. The van der Waals surface area contributed by atoms with Gasteiger partial charge in [-0.05, 0) is 79.4 Å². The van der Waals surface area contributed by atoms with Crippen molar-refractivity contribution in [1.29, 1.82) is 0 Å². The van der Waals surface area contributed by atoms with Crippen LogP contribution in [-0.4, -0.2) is 11.7 Å². The number of aliphatic hydroxyl groups is 1. The molecule has 3 saturated carbocycles. The molecule has 116 valence electrons. The van der Waals surface area contributed by atoms with Gasteiger partial charge in [0.1, 0.15) is 0 Å². The van der Waals surface area contributed by atoms with Gasteiger partial charge >= 0.3 is 0 Å². The summed E-state index contributed by atoms with van der Waals surface area (Å²) in [5, 5.41) is 9.73. The highest BCUT2D eigenvalue weighted by molar-refractivity contribution is 5.33. The van der Waals surface area contributed by atoms with E-state index in [9.17, 15) is 5.11 Å².